The molecule has 1 atom stereocenters. The first-order chi connectivity index (χ1) is 9.72. The van der Waals surface area contributed by atoms with Crippen LogP contribution in [0.4, 0.5) is 0 Å². The molecular weight excluding hydrogens is 244 g/mol. The maximum atomic E-state index is 6.23. The van der Waals surface area contributed by atoms with Crippen LogP contribution in [0.2, 0.25) is 0 Å². The Kier molecular flexibility index (Phi) is 3.77. The molecule has 1 aliphatic heterocycles. The van der Waals surface area contributed by atoms with E-state index in [0.29, 0.717) is 12.0 Å². The maximum Gasteiger partial charge on any atom is 0.123 e. The minimum Gasteiger partial charge on any atom is -0.490 e. The van der Waals surface area contributed by atoms with E-state index in [1.807, 2.05) is 0 Å². The number of benzene rings is 2. The SMILES string of the molecule is CC(C)c1ccc2c(c1)OC(Cc1ccccc1)CC2. The summed E-state index contributed by atoms with van der Waals surface area (Å²) in [6, 6.07) is 17.3. The van der Waals surface area contributed by atoms with Gasteiger partial charge in [0.25, 0.3) is 0 Å². The Balaban J connectivity index is 1.75. The zero-order chi connectivity index (χ0) is 13.9. The molecule has 0 saturated heterocycles. The lowest BCUT2D eigenvalue weighted by Crippen LogP contribution is -2.25. The molecule has 0 radical (unpaired) electrons. The summed E-state index contributed by atoms with van der Waals surface area (Å²) in [6.45, 7) is 4.46. The quantitative estimate of drug-likeness (QED) is 0.779. The number of hydrogen-bond acceptors (Lipinski definition) is 1. The molecule has 20 heavy (non-hydrogen) atoms. The van der Waals surface area contributed by atoms with Crippen molar-refractivity contribution >= 4 is 0 Å². The van der Waals surface area contributed by atoms with Gasteiger partial charge in [0, 0.05) is 6.42 Å². The second kappa shape index (κ2) is 5.70. The highest BCUT2D eigenvalue weighted by atomic mass is 16.5. The fraction of sp³-hybridized carbons (Fsp3) is 0.368. The Hall–Kier alpha value is -1.76. The van der Waals surface area contributed by atoms with E-state index in [1.165, 1.54) is 16.7 Å². The molecule has 104 valence electrons. The number of ether oxygens (including phenoxy) is 1. The van der Waals surface area contributed by atoms with E-state index < -0.39 is 0 Å². The Morgan fingerprint density at radius 2 is 1.90 bits per heavy atom. The summed E-state index contributed by atoms with van der Waals surface area (Å²) in [7, 11) is 0. The molecule has 1 heterocycles. The number of hydrogen-bond donors (Lipinski definition) is 0. The van der Waals surface area contributed by atoms with Crippen molar-refractivity contribution < 1.29 is 4.74 Å². The first kappa shape index (κ1) is 13.2. The molecule has 1 nitrogen and oxygen atoms in total. The van der Waals surface area contributed by atoms with Crippen LogP contribution in [0.1, 0.15) is 42.9 Å². The molecule has 0 aliphatic carbocycles. The molecule has 0 spiro atoms. The number of rotatable bonds is 3. The third kappa shape index (κ3) is 2.87. The molecule has 0 saturated carbocycles. The summed E-state index contributed by atoms with van der Waals surface area (Å²) in [4.78, 5) is 0. The molecule has 0 fully saturated rings. The molecule has 0 N–H and O–H groups in total. The predicted octanol–water partition coefficient (Wildman–Crippen LogP) is 4.75. The highest BCUT2D eigenvalue weighted by molar-refractivity contribution is 5.40. The normalized spacial score (nSPS) is 17.6. The minimum absolute atomic E-state index is 0.312. The van der Waals surface area contributed by atoms with Crippen molar-refractivity contribution in [3.05, 3.63) is 65.2 Å². The van der Waals surface area contributed by atoms with Crippen molar-refractivity contribution in [2.75, 3.05) is 0 Å². The van der Waals surface area contributed by atoms with Gasteiger partial charge in [-0.1, -0.05) is 56.3 Å². The first-order valence-corrected chi connectivity index (χ1v) is 7.56. The van der Waals surface area contributed by atoms with Gasteiger partial charge in [-0.2, -0.15) is 0 Å². The monoisotopic (exact) mass is 266 g/mol. The van der Waals surface area contributed by atoms with E-state index in [4.69, 9.17) is 4.74 Å². The van der Waals surface area contributed by atoms with Gasteiger partial charge in [-0.25, -0.2) is 0 Å². The summed E-state index contributed by atoms with van der Waals surface area (Å²) in [5, 5.41) is 0. The van der Waals surface area contributed by atoms with Gasteiger partial charge in [0.1, 0.15) is 11.9 Å². The molecule has 1 heteroatoms. The Bertz CT molecular complexity index is 572. The Labute approximate surface area is 121 Å². The second-order valence-corrected chi connectivity index (χ2v) is 5.99. The third-order valence-corrected chi connectivity index (χ3v) is 4.09. The van der Waals surface area contributed by atoms with Gasteiger partial charge in [-0.05, 0) is 41.5 Å². The van der Waals surface area contributed by atoms with Gasteiger partial charge in [-0.15, -0.1) is 0 Å². The summed E-state index contributed by atoms with van der Waals surface area (Å²) in [6.07, 6.45) is 3.56. The van der Waals surface area contributed by atoms with Crippen LogP contribution < -0.4 is 4.74 Å². The second-order valence-electron chi connectivity index (χ2n) is 5.99. The van der Waals surface area contributed by atoms with Crippen molar-refractivity contribution in [2.45, 2.75) is 45.1 Å². The lowest BCUT2D eigenvalue weighted by atomic mass is 9.94. The largest absolute Gasteiger partial charge is 0.490 e. The highest BCUT2D eigenvalue weighted by Gasteiger charge is 2.20. The molecule has 0 amide bonds. The van der Waals surface area contributed by atoms with E-state index in [1.54, 1.807) is 0 Å². The summed E-state index contributed by atoms with van der Waals surface area (Å²) in [5.41, 5.74) is 4.09. The van der Waals surface area contributed by atoms with E-state index in [2.05, 4.69) is 62.4 Å². The van der Waals surface area contributed by atoms with Crippen LogP contribution in [0, 0.1) is 0 Å². The molecule has 0 aromatic heterocycles. The van der Waals surface area contributed by atoms with Crippen LogP contribution in [0.25, 0.3) is 0 Å². The smallest absolute Gasteiger partial charge is 0.123 e. The third-order valence-electron chi connectivity index (χ3n) is 4.09. The van der Waals surface area contributed by atoms with E-state index in [9.17, 15) is 0 Å². The molecule has 2 aromatic carbocycles. The molecule has 1 aliphatic rings. The average Bonchev–Trinajstić information content (AvgIpc) is 2.47. The van der Waals surface area contributed by atoms with Gasteiger partial charge in [0.2, 0.25) is 0 Å². The zero-order valence-electron chi connectivity index (χ0n) is 12.3. The van der Waals surface area contributed by atoms with E-state index in [0.717, 1.165) is 25.0 Å². The van der Waals surface area contributed by atoms with Crippen molar-refractivity contribution in [3.8, 4) is 5.75 Å². The van der Waals surface area contributed by atoms with E-state index >= 15 is 0 Å². The zero-order valence-corrected chi connectivity index (χ0v) is 12.3. The minimum atomic E-state index is 0.312. The summed E-state index contributed by atoms with van der Waals surface area (Å²) >= 11 is 0. The standard InChI is InChI=1S/C19H22O/c1-14(2)17-9-8-16-10-11-18(20-19(16)13-17)12-15-6-4-3-5-7-15/h3-9,13-14,18H,10-12H2,1-2H3. The van der Waals surface area contributed by atoms with Gasteiger partial charge in [-0.3, -0.25) is 0 Å². The fourth-order valence-electron chi connectivity index (χ4n) is 2.82. The average molecular weight is 266 g/mol. The topological polar surface area (TPSA) is 9.23 Å². The van der Waals surface area contributed by atoms with Crippen LogP contribution in [-0.2, 0) is 12.8 Å². The highest BCUT2D eigenvalue weighted by Crippen LogP contribution is 2.31. The first-order valence-electron chi connectivity index (χ1n) is 7.56. The lowest BCUT2D eigenvalue weighted by molar-refractivity contribution is 0.173. The fourth-order valence-corrected chi connectivity index (χ4v) is 2.82. The van der Waals surface area contributed by atoms with Crippen LogP contribution in [0.5, 0.6) is 5.75 Å². The van der Waals surface area contributed by atoms with Crippen molar-refractivity contribution in [1.29, 1.82) is 0 Å². The predicted molar refractivity (Wildman–Crippen MR) is 83.4 cm³/mol. The van der Waals surface area contributed by atoms with Gasteiger partial charge in [0.05, 0.1) is 0 Å². The lowest BCUT2D eigenvalue weighted by Gasteiger charge is -2.27. The maximum absolute atomic E-state index is 6.23. The molecule has 0 bridgehead atoms. The Morgan fingerprint density at radius 3 is 2.65 bits per heavy atom. The number of aryl methyl sites for hydroxylation is 1. The van der Waals surface area contributed by atoms with Crippen molar-refractivity contribution in [1.82, 2.24) is 0 Å². The van der Waals surface area contributed by atoms with Crippen LogP contribution in [0.3, 0.4) is 0 Å². The van der Waals surface area contributed by atoms with Gasteiger partial charge in [0.15, 0.2) is 0 Å². The summed E-state index contributed by atoms with van der Waals surface area (Å²) < 4.78 is 6.23. The molecule has 2 aromatic rings. The van der Waals surface area contributed by atoms with Crippen molar-refractivity contribution in [3.63, 3.8) is 0 Å². The van der Waals surface area contributed by atoms with Crippen LogP contribution in [0.15, 0.2) is 48.5 Å². The van der Waals surface area contributed by atoms with Crippen molar-refractivity contribution in [2.24, 2.45) is 0 Å². The molecule has 1 unspecified atom stereocenters. The van der Waals surface area contributed by atoms with Gasteiger partial charge < -0.3 is 4.74 Å². The van der Waals surface area contributed by atoms with Gasteiger partial charge >= 0.3 is 0 Å². The number of fused-ring (bicyclic) bond motifs is 1. The van der Waals surface area contributed by atoms with E-state index in [-0.39, 0.29) is 0 Å². The van der Waals surface area contributed by atoms with Crippen LogP contribution in [-0.4, -0.2) is 6.10 Å². The van der Waals surface area contributed by atoms with Crippen LogP contribution >= 0.6 is 0 Å². The molecular formula is C19H22O. The summed E-state index contributed by atoms with van der Waals surface area (Å²) in [5.74, 6) is 1.65. The molecule has 3 rings (SSSR count). The Morgan fingerprint density at radius 1 is 1.10 bits per heavy atom.